The summed E-state index contributed by atoms with van der Waals surface area (Å²) in [5.74, 6) is -6.25. The molecule has 8 nitrogen and oxygen atoms in total. The number of phenols is 1. The smallest absolute Gasteiger partial charge is 0.241 e. The Bertz CT molecular complexity index is 1960. The summed E-state index contributed by atoms with van der Waals surface area (Å²) in [5.41, 5.74) is 0.419. The topological polar surface area (TPSA) is 104 Å². The molecule has 2 heterocycles. The lowest BCUT2D eigenvalue weighted by molar-refractivity contribution is -0.131. The zero-order valence-electron chi connectivity index (χ0n) is 24.8. The van der Waals surface area contributed by atoms with Crippen molar-refractivity contribution in [2.24, 2.45) is 29.1 Å². The lowest BCUT2D eigenvalue weighted by atomic mass is 9.51. The van der Waals surface area contributed by atoms with Crippen molar-refractivity contribution in [3.63, 3.8) is 0 Å². The number of rotatable bonds is 4. The first-order valence-corrected chi connectivity index (χ1v) is 17.1. The fraction of sp³-hybridized carbons (Fsp3) is 0.294. The third-order valence-corrected chi connectivity index (χ3v) is 12.9. The van der Waals surface area contributed by atoms with E-state index in [1.807, 2.05) is 6.08 Å². The van der Waals surface area contributed by atoms with Crippen molar-refractivity contribution in [3.05, 3.63) is 90.6 Å². The van der Waals surface area contributed by atoms with Gasteiger partial charge in [-0.2, -0.15) is 0 Å². The number of hydrogen-bond donors (Lipinski definition) is 1. The number of imide groups is 2. The van der Waals surface area contributed by atoms with Gasteiger partial charge in [0.05, 0.1) is 51.1 Å². The number of allylic oxidation sites excluding steroid dienone is 2. The second-order valence-corrected chi connectivity index (χ2v) is 14.8. The third-order valence-electron chi connectivity index (χ3n) is 10.2. The molecule has 3 aromatic rings. The first-order valence-electron chi connectivity index (χ1n) is 14.7. The molecule has 3 aromatic carbocycles. The van der Waals surface area contributed by atoms with Gasteiger partial charge in [-0.25, -0.2) is 9.29 Å². The Kier molecular flexibility index (Phi) is 7.85. The van der Waals surface area contributed by atoms with Gasteiger partial charge < -0.3 is 9.84 Å². The van der Waals surface area contributed by atoms with Gasteiger partial charge in [0.1, 0.15) is 5.82 Å². The maximum atomic E-state index is 14.6. The molecule has 242 valence electrons. The Morgan fingerprint density at radius 3 is 2.26 bits per heavy atom. The highest BCUT2D eigenvalue weighted by molar-refractivity contribution is 9.13. The van der Waals surface area contributed by atoms with Gasteiger partial charge in [0.2, 0.25) is 23.6 Å². The molecule has 1 saturated carbocycles. The van der Waals surface area contributed by atoms with Crippen molar-refractivity contribution in [3.8, 4) is 11.5 Å². The molecule has 0 spiro atoms. The zero-order chi connectivity index (χ0) is 33.7. The molecule has 7 rings (SSSR count). The van der Waals surface area contributed by atoms with Crippen molar-refractivity contribution in [1.29, 1.82) is 0 Å². The molecular formula is C34H25Br2Cl2FN2O6. The molecule has 0 aromatic heterocycles. The SMILES string of the molecule is COc1cc([C@H]2C3=CC[C@@H]4C(=O)N(c5ccc(Cl)cc5)C(=O)[C@@H]4[C@@H]3C[C@H]3C(=O)N(c4ccc(F)c(Cl)c4)C(=O)[C@@]23C)c(Br)c(Br)c1O. The van der Waals surface area contributed by atoms with Crippen LogP contribution in [0, 0.1) is 34.9 Å². The highest BCUT2D eigenvalue weighted by Gasteiger charge is 2.68. The first-order chi connectivity index (χ1) is 22.3. The van der Waals surface area contributed by atoms with Gasteiger partial charge in [-0.15, -0.1) is 0 Å². The summed E-state index contributed by atoms with van der Waals surface area (Å²) in [6.07, 6.45) is 2.29. The molecule has 13 heteroatoms. The predicted molar refractivity (Wildman–Crippen MR) is 180 cm³/mol. The number of benzene rings is 3. The quantitative estimate of drug-likeness (QED) is 0.213. The first kappa shape index (κ1) is 32.3. The van der Waals surface area contributed by atoms with E-state index in [9.17, 15) is 28.7 Å². The number of phenolic OH excluding ortho intramolecular Hbond substituents is 1. The Hall–Kier alpha value is -3.25. The number of ether oxygens (including phenoxy) is 1. The molecule has 0 radical (unpaired) electrons. The maximum absolute atomic E-state index is 14.6. The Labute approximate surface area is 295 Å². The van der Waals surface area contributed by atoms with Crippen LogP contribution in [0.3, 0.4) is 0 Å². The summed E-state index contributed by atoms with van der Waals surface area (Å²) in [7, 11) is 1.40. The molecule has 6 atom stereocenters. The van der Waals surface area contributed by atoms with Crippen molar-refractivity contribution in [2.75, 3.05) is 16.9 Å². The van der Waals surface area contributed by atoms with Crippen LogP contribution < -0.4 is 14.5 Å². The van der Waals surface area contributed by atoms with Crippen molar-refractivity contribution < 1.29 is 33.4 Å². The maximum Gasteiger partial charge on any atom is 0.241 e. The second kappa shape index (κ2) is 11.4. The summed E-state index contributed by atoms with van der Waals surface area (Å²) in [4.78, 5) is 59.3. The van der Waals surface area contributed by atoms with Gasteiger partial charge in [-0.1, -0.05) is 34.9 Å². The Balaban J connectivity index is 1.41. The van der Waals surface area contributed by atoms with Gasteiger partial charge >= 0.3 is 0 Å². The number of methoxy groups -OCH3 is 1. The average molecular weight is 807 g/mol. The highest BCUT2D eigenvalue weighted by atomic mass is 79.9. The van der Waals surface area contributed by atoms with Crippen molar-refractivity contribution in [1.82, 2.24) is 0 Å². The van der Waals surface area contributed by atoms with Crippen LogP contribution in [-0.2, 0) is 19.2 Å². The number of fused-ring (bicyclic) bond motifs is 4. The molecule has 0 unspecified atom stereocenters. The zero-order valence-corrected chi connectivity index (χ0v) is 29.5. The molecule has 2 aliphatic heterocycles. The van der Waals surface area contributed by atoms with E-state index in [4.69, 9.17) is 27.9 Å². The van der Waals surface area contributed by atoms with E-state index in [-0.39, 0.29) is 51.3 Å². The predicted octanol–water partition coefficient (Wildman–Crippen LogP) is 7.81. The Morgan fingerprint density at radius 1 is 0.915 bits per heavy atom. The number of halogens is 5. The molecule has 1 N–H and O–H groups in total. The molecular weight excluding hydrogens is 782 g/mol. The van der Waals surface area contributed by atoms with Crippen LogP contribution in [0.25, 0.3) is 0 Å². The van der Waals surface area contributed by atoms with Crippen molar-refractivity contribution in [2.45, 2.75) is 25.7 Å². The number of hydrogen-bond acceptors (Lipinski definition) is 6. The van der Waals surface area contributed by atoms with Crippen LogP contribution in [0.5, 0.6) is 11.5 Å². The molecule has 2 saturated heterocycles. The van der Waals surface area contributed by atoms with E-state index in [1.54, 1.807) is 37.3 Å². The van der Waals surface area contributed by atoms with Crippen LogP contribution in [0.1, 0.15) is 31.2 Å². The van der Waals surface area contributed by atoms with E-state index in [0.29, 0.717) is 20.7 Å². The van der Waals surface area contributed by atoms with Crippen LogP contribution in [0.2, 0.25) is 10.0 Å². The summed E-state index contributed by atoms with van der Waals surface area (Å²) in [6.45, 7) is 1.72. The lowest BCUT2D eigenvalue weighted by Crippen LogP contribution is -2.49. The number of anilines is 2. The van der Waals surface area contributed by atoms with E-state index in [0.717, 1.165) is 16.5 Å². The summed E-state index contributed by atoms with van der Waals surface area (Å²) in [5, 5.41) is 11.0. The van der Waals surface area contributed by atoms with Gasteiger partial charge in [-0.05, 0) is 112 Å². The van der Waals surface area contributed by atoms with Crippen LogP contribution >= 0.6 is 55.1 Å². The standard InChI is InChI=1S/C34H25Br2Cl2FN2O6/c1-34-21(31(44)41(33(34)46)16-7-10-23(39)22(38)11-16)12-19-17(26(34)20-13-24(47-2)29(42)28(36)27(20)35)8-9-18-25(19)32(45)40(30(18)43)15-5-3-14(37)4-6-15/h3-8,10-11,13,18-19,21,25-26,42H,9,12H2,1-2H3/t18-,19+,21-,25-,26+,34+/m0/s1. The highest BCUT2D eigenvalue weighted by Crippen LogP contribution is 2.65. The minimum atomic E-state index is -1.39. The van der Waals surface area contributed by atoms with Gasteiger partial charge in [0, 0.05) is 15.4 Å². The molecule has 2 aliphatic carbocycles. The number of carbonyl (C=O) groups excluding carboxylic acids is 4. The van der Waals surface area contributed by atoms with Gasteiger partial charge in [0.15, 0.2) is 11.5 Å². The number of nitrogens with zero attached hydrogens (tertiary/aromatic N) is 2. The summed E-state index contributed by atoms with van der Waals surface area (Å²) in [6, 6.07) is 11.7. The van der Waals surface area contributed by atoms with E-state index < -0.39 is 52.6 Å². The van der Waals surface area contributed by atoms with Crippen LogP contribution in [0.15, 0.2) is 69.1 Å². The fourth-order valence-electron chi connectivity index (χ4n) is 8.05. The van der Waals surface area contributed by atoms with Crippen LogP contribution in [-0.4, -0.2) is 35.8 Å². The third kappa shape index (κ3) is 4.56. The summed E-state index contributed by atoms with van der Waals surface area (Å²) >= 11 is 19.2. The summed E-state index contributed by atoms with van der Waals surface area (Å²) < 4.78 is 20.3. The minimum absolute atomic E-state index is 0.123. The Morgan fingerprint density at radius 2 is 1.60 bits per heavy atom. The second-order valence-electron chi connectivity index (χ2n) is 12.4. The van der Waals surface area contributed by atoms with Crippen molar-refractivity contribution >= 4 is 90.1 Å². The fourth-order valence-corrected chi connectivity index (χ4v) is 9.31. The molecule has 0 bridgehead atoms. The van der Waals surface area contributed by atoms with Gasteiger partial charge in [0.25, 0.3) is 0 Å². The molecule has 47 heavy (non-hydrogen) atoms. The normalized spacial score (nSPS) is 28.3. The largest absolute Gasteiger partial charge is 0.503 e. The number of aromatic hydroxyl groups is 1. The molecule has 4 aliphatic rings. The lowest BCUT2D eigenvalue weighted by Gasteiger charge is -2.49. The minimum Gasteiger partial charge on any atom is -0.503 e. The van der Waals surface area contributed by atoms with E-state index in [1.165, 1.54) is 24.1 Å². The van der Waals surface area contributed by atoms with Gasteiger partial charge in [-0.3, -0.25) is 24.1 Å². The average Bonchev–Trinajstić information content (AvgIpc) is 3.42. The van der Waals surface area contributed by atoms with E-state index >= 15 is 0 Å². The molecule has 4 amide bonds. The molecule has 3 fully saturated rings. The van der Waals surface area contributed by atoms with E-state index in [2.05, 4.69) is 31.9 Å². The van der Waals surface area contributed by atoms with Crippen LogP contribution in [0.4, 0.5) is 15.8 Å². The monoisotopic (exact) mass is 804 g/mol. The number of carbonyl (C=O) groups is 4. The number of amides is 4.